The third kappa shape index (κ3) is 4.88. The molecule has 0 radical (unpaired) electrons. The van der Waals surface area contributed by atoms with Crippen molar-refractivity contribution in [1.29, 1.82) is 0 Å². The van der Waals surface area contributed by atoms with Crippen molar-refractivity contribution in [3.05, 3.63) is 64.7 Å². The van der Waals surface area contributed by atoms with Crippen molar-refractivity contribution in [3.8, 4) is 5.69 Å². The minimum Gasteiger partial charge on any atom is -0.396 e. The number of aliphatic hydroxyl groups is 1. The van der Waals surface area contributed by atoms with Gasteiger partial charge in [0.15, 0.2) is 5.82 Å². The molecule has 226 valence electrons. The van der Waals surface area contributed by atoms with Crippen molar-refractivity contribution in [2.45, 2.75) is 64.5 Å². The number of fused-ring (bicyclic) bond motifs is 3. The van der Waals surface area contributed by atoms with Gasteiger partial charge in [-0.2, -0.15) is 5.10 Å². The van der Waals surface area contributed by atoms with E-state index in [1.54, 1.807) is 30.0 Å². The summed E-state index contributed by atoms with van der Waals surface area (Å²) in [7, 11) is 0. The van der Waals surface area contributed by atoms with Gasteiger partial charge in [0.25, 0.3) is 6.43 Å². The van der Waals surface area contributed by atoms with Crippen LogP contribution in [0.2, 0.25) is 0 Å². The van der Waals surface area contributed by atoms with Gasteiger partial charge in [0.05, 0.1) is 30.0 Å². The van der Waals surface area contributed by atoms with Gasteiger partial charge in [0.2, 0.25) is 5.91 Å². The summed E-state index contributed by atoms with van der Waals surface area (Å²) in [6.07, 6.45) is 6.99. The van der Waals surface area contributed by atoms with Crippen molar-refractivity contribution < 1.29 is 23.4 Å². The average molecular weight is 591 g/mol. The van der Waals surface area contributed by atoms with Gasteiger partial charge in [-0.15, -0.1) is 0 Å². The van der Waals surface area contributed by atoms with Crippen LogP contribution < -0.4 is 4.90 Å². The van der Waals surface area contributed by atoms with Crippen LogP contribution in [0.5, 0.6) is 0 Å². The number of hydrogen-bond donors (Lipinski definition) is 1. The maximum Gasteiger partial charge on any atom is 0.265 e. The smallest absolute Gasteiger partial charge is 0.265 e. The van der Waals surface area contributed by atoms with Crippen LogP contribution in [-0.4, -0.2) is 68.2 Å². The predicted octanol–water partition coefficient (Wildman–Crippen LogP) is 5.03. The Hall–Kier alpha value is -3.83. The molecule has 6 heterocycles. The quantitative estimate of drug-likeness (QED) is 0.339. The minimum absolute atomic E-state index is 0.0214. The number of alkyl halides is 2. The van der Waals surface area contributed by atoms with E-state index in [2.05, 4.69) is 14.6 Å². The van der Waals surface area contributed by atoms with E-state index >= 15 is 0 Å². The molecule has 9 nitrogen and oxygen atoms in total. The highest BCUT2D eigenvalue weighted by molar-refractivity contribution is 5.85. The van der Waals surface area contributed by atoms with Crippen molar-refractivity contribution in [2.75, 3.05) is 37.8 Å². The molecule has 0 aliphatic carbocycles. The Morgan fingerprint density at radius 1 is 1.16 bits per heavy atom. The van der Waals surface area contributed by atoms with Crippen LogP contribution in [0, 0.1) is 0 Å². The molecule has 0 unspecified atom stereocenters. The molecule has 1 saturated heterocycles. The molecular weight excluding hydrogens is 554 g/mol. The van der Waals surface area contributed by atoms with Crippen molar-refractivity contribution in [3.63, 3.8) is 0 Å². The van der Waals surface area contributed by atoms with E-state index in [9.17, 15) is 18.7 Å². The third-order valence-electron chi connectivity index (χ3n) is 9.22. The number of anilines is 2. The lowest BCUT2D eigenvalue weighted by Crippen LogP contribution is -2.36. The molecule has 0 spiro atoms. The van der Waals surface area contributed by atoms with E-state index in [0.29, 0.717) is 51.4 Å². The summed E-state index contributed by atoms with van der Waals surface area (Å²) in [5.74, 6) is 0.787. The summed E-state index contributed by atoms with van der Waals surface area (Å²) in [5, 5.41) is 15.7. The Balaban J connectivity index is 1.36. The number of ether oxygens (including phenoxy) is 1. The van der Waals surface area contributed by atoms with Crippen LogP contribution in [-0.2, 0) is 35.3 Å². The summed E-state index contributed by atoms with van der Waals surface area (Å²) in [6, 6.07) is 5.60. The fourth-order valence-electron chi connectivity index (χ4n) is 7.05. The van der Waals surface area contributed by atoms with Gasteiger partial charge in [-0.3, -0.25) is 14.5 Å². The largest absolute Gasteiger partial charge is 0.396 e. The van der Waals surface area contributed by atoms with Gasteiger partial charge < -0.3 is 24.2 Å². The highest BCUT2D eigenvalue weighted by Gasteiger charge is 2.34. The highest BCUT2D eigenvalue weighted by Crippen LogP contribution is 2.43. The molecule has 1 fully saturated rings. The van der Waals surface area contributed by atoms with Crippen molar-refractivity contribution >= 4 is 28.3 Å². The topological polar surface area (TPSA) is 88.7 Å². The van der Waals surface area contributed by atoms with E-state index in [-0.39, 0.29) is 24.1 Å². The summed E-state index contributed by atoms with van der Waals surface area (Å²) in [6.45, 7) is 4.69. The third-order valence-corrected chi connectivity index (χ3v) is 9.22. The molecule has 4 aromatic rings. The van der Waals surface area contributed by atoms with Gasteiger partial charge in [0, 0.05) is 86.5 Å². The van der Waals surface area contributed by atoms with E-state index in [1.165, 1.54) is 0 Å². The van der Waals surface area contributed by atoms with Gasteiger partial charge in [-0.05, 0) is 61.4 Å². The zero-order valence-electron chi connectivity index (χ0n) is 24.3. The number of aryl methyl sites for hydroxylation is 1. The average Bonchev–Trinajstić information content (AvgIpc) is 3.59. The monoisotopic (exact) mass is 590 g/mol. The molecule has 0 bridgehead atoms. The standard InChI is InChI=1S/C32H36F2N6O3/c1-20(42)37-11-5-27-26(19-37)32(36-40(27)23-7-13-43-14-8-23)38-10-2-3-21-15-29(25(31(33)34)16-28(21)38)39-18-22(6-12-41)24-4-9-35-17-30(24)39/h4,9,15-18,23,31,41H,2-3,5-8,10-14,19H2,1H3. The summed E-state index contributed by atoms with van der Waals surface area (Å²) in [5.41, 5.74) is 5.86. The number of halogens is 2. The molecule has 3 aromatic heterocycles. The lowest BCUT2D eigenvalue weighted by Gasteiger charge is -2.33. The Kier molecular flexibility index (Phi) is 7.38. The molecule has 7 rings (SSSR count). The predicted molar refractivity (Wildman–Crippen MR) is 158 cm³/mol. The molecule has 0 saturated carbocycles. The zero-order chi connectivity index (χ0) is 29.7. The molecular formula is C32H36F2N6O3. The Labute approximate surface area is 248 Å². The van der Waals surface area contributed by atoms with Crippen LogP contribution in [0.25, 0.3) is 16.6 Å². The van der Waals surface area contributed by atoms with E-state index < -0.39 is 6.43 Å². The van der Waals surface area contributed by atoms with Crippen LogP contribution >= 0.6 is 0 Å². The number of benzene rings is 1. The molecule has 1 amide bonds. The normalized spacial score (nSPS) is 17.5. The second kappa shape index (κ2) is 11.3. The summed E-state index contributed by atoms with van der Waals surface area (Å²) < 4.78 is 39.3. The first kappa shape index (κ1) is 28.0. The molecule has 0 atom stereocenters. The van der Waals surface area contributed by atoms with Crippen LogP contribution in [0.15, 0.2) is 36.8 Å². The number of pyridine rings is 1. The van der Waals surface area contributed by atoms with E-state index in [0.717, 1.165) is 70.5 Å². The number of carbonyl (C=O) groups excluding carboxylic acids is 1. The second-order valence-electron chi connectivity index (χ2n) is 11.7. The van der Waals surface area contributed by atoms with E-state index in [4.69, 9.17) is 9.84 Å². The van der Waals surface area contributed by atoms with Crippen LogP contribution in [0.4, 0.5) is 20.3 Å². The maximum atomic E-state index is 14.9. The molecule has 1 aromatic carbocycles. The lowest BCUT2D eigenvalue weighted by atomic mass is 9.96. The van der Waals surface area contributed by atoms with Crippen molar-refractivity contribution in [2.24, 2.45) is 0 Å². The summed E-state index contributed by atoms with van der Waals surface area (Å²) in [4.78, 5) is 20.6. The van der Waals surface area contributed by atoms with Crippen molar-refractivity contribution in [1.82, 2.24) is 24.2 Å². The first-order chi connectivity index (χ1) is 20.9. The zero-order valence-corrected chi connectivity index (χ0v) is 24.3. The van der Waals surface area contributed by atoms with Crippen LogP contribution in [0.1, 0.15) is 66.6 Å². The number of nitrogens with zero attached hydrogens (tertiary/aromatic N) is 6. The number of rotatable bonds is 6. The fraction of sp³-hybridized carbons (Fsp3) is 0.469. The van der Waals surface area contributed by atoms with Gasteiger partial charge in [-0.1, -0.05) is 0 Å². The molecule has 43 heavy (non-hydrogen) atoms. The first-order valence-electron chi connectivity index (χ1n) is 15.2. The SMILES string of the molecule is CC(=O)N1CCc2c(c(N3CCCc4cc(-n5cc(CCO)c6ccncc65)c(C(F)F)cc43)nn2C2CCOCC2)C1. The summed E-state index contributed by atoms with van der Waals surface area (Å²) >= 11 is 0. The number of amides is 1. The fourth-order valence-corrected chi connectivity index (χ4v) is 7.05. The lowest BCUT2D eigenvalue weighted by molar-refractivity contribution is -0.129. The Bertz CT molecular complexity index is 1680. The number of hydrogen-bond acceptors (Lipinski definition) is 6. The first-order valence-corrected chi connectivity index (χ1v) is 15.2. The number of aromatic nitrogens is 4. The minimum atomic E-state index is -2.71. The molecule has 3 aliphatic heterocycles. The number of carbonyl (C=O) groups is 1. The van der Waals surface area contributed by atoms with Gasteiger partial charge in [0.1, 0.15) is 0 Å². The molecule has 11 heteroatoms. The van der Waals surface area contributed by atoms with Crippen LogP contribution in [0.3, 0.4) is 0 Å². The molecule has 1 N–H and O–H groups in total. The maximum absolute atomic E-state index is 14.9. The highest BCUT2D eigenvalue weighted by atomic mass is 19.3. The second-order valence-corrected chi connectivity index (χ2v) is 11.7. The Morgan fingerprint density at radius 2 is 2.00 bits per heavy atom. The number of aliphatic hydroxyl groups excluding tert-OH is 1. The molecule has 3 aliphatic rings. The van der Waals surface area contributed by atoms with Gasteiger partial charge in [-0.25, -0.2) is 8.78 Å². The Morgan fingerprint density at radius 3 is 2.77 bits per heavy atom. The van der Waals surface area contributed by atoms with Gasteiger partial charge >= 0.3 is 0 Å². The van der Waals surface area contributed by atoms with E-state index in [1.807, 2.05) is 23.2 Å².